The fraction of sp³-hybridized carbons (Fsp3) is 0.333. The van der Waals surface area contributed by atoms with Gasteiger partial charge in [-0.05, 0) is 63.2 Å². The molecule has 0 saturated carbocycles. The number of alkyl halides is 3. The lowest BCUT2D eigenvalue weighted by Gasteiger charge is -2.25. The number of benzene rings is 2. The monoisotopic (exact) mass is 689 g/mol. The van der Waals surface area contributed by atoms with Crippen LogP contribution < -0.4 is 10.1 Å². The molecule has 0 spiro atoms. The van der Waals surface area contributed by atoms with Crippen LogP contribution in [-0.2, 0) is 17.5 Å². The molecule has 0 unspecified atom stereocenters. The van der Waals surface area contributed by atoms with Gasteiger partial charge < -0.3 is 24.6 Å². The summed E-state index contributed by atoms with van der Waals surface area (Å²) in [6, 6.07) is 11.4. The van der Waals surface area contributed by atoms with E-state index in [0.29, 0.717) is 31.2 Å². The van der Waals surface area contributed by atoms with Gasteiger partial charge in [-0.3, -0.25) is 4.79 Å². The summed E-state index contributed by atoms with van der Waals surface area (Å²) in [5, 5.41) is 13.5. The van der Waals surface area contributed by atoms with Gasteiger partial charge in [0.2, 0.25) is 5.91 Å². The van der Waals surface area contributed by atoms with E-state index in [1.807, 2.05) is 23.8 Å². The molecule has 2 N–H and O–H groups in total. The Balaban J connectivity index is 1.47. The van der Waals surface area contributed by atoms with Crippen molar-refractivity contribution in [2.45, 2.75) is 45.5 Å². The van der Waals surface area contributed by atoms with Gasteiger partial charge >= 0.3 is 6.18 Å². The quantitative estimate of drug-likeness (QED) is 0.227. The van der Waals surface area contributed by atoms with E-state index in [4.69, 9.17) is 16.3 Å². The van der Waals surface area contributed by atoms with Gasteiger partial charge in [-0.2, -0.15) is 16.4 Å². The standard InChI is InChI=1S/C27H28ClF3IN5O3/c1-4-36(23(38)16-26(2,3)39)12-13-37-11-10-21-24(37)25(35-32-34-21)33-18-8-9-22(20(28)15-18)40-19-7-5-6-17(14-19)27(29,30)31/h5-11,14-15,39H,4,12-13,16H2,1-3H3,(H,33,34,35). The number of halogens is 5. The largest absolute Gasteiger partial charge is 0.456 e. The second kappa shape index (κ2) is 12.3. The SMILES string of the molecule is CCN(CCn1ccc2c1C(Nc1ccc(Oc3cccc(C(F)(F)F)c3)c(Cl)c1)=NI=N2)C(=O)CC(C)(C)O. The number of nitrogens with one attached hydrogen (secondary N) is 1. The van der Waals surface area contributed by atoms with Crippen LogP contribution >= 0.6 is 32.9 Å². The molecule has 8 nitrogen and oxygen atoms in total. The van der Waals surface area contributed by atoms with Crippen molar-refractivity contribution in [3.8, 4) is 11.5 Å². The van der Waals surface area contributed by atoms with E-state index in [0.717, 1.165) is 23.5 Å². The first kappa shape index (κ1) is 30.0. The zero-order valence-electron chi connectivity index (χ0n) is 22.0. The Hall–Kier alpha value is -2.97. The Kier molecular flexibility index (Phi) is 9.20. The number of carbonyl (C=O) groups excluding carboxylic acids is 1. The molecule has 1 aromatic heterocycles. The Bertz CT molecular complexity index is 1450. The number of likely N-dealkylation sites (N-methyl/N-ethyl adjacent to an activating group) is 1. The molecule has 2 heterocycles. The van der Waals surface area contributed by atoms with E-state index in [2.05, 4.69) is 11.7 Å². The normalized spacial score (nSPS) is 13.2. The van der Waals surface area contributed by atoms with Gasteiger partial charge in [-0.15, -0.1) is 0 Å². The van der Waals surface area contributed by atoms with Crippen molar-refractivity contribution in [3.05, 3.63) is 71.0 Å². The maximum absolute atomic E-state index is 13.0. The first-order chi connectivity index (χ1) is 18.8. The summed E-state index contributed by atoms with van der Waals surface area (Å²) in [7, 11) is 0. The number of hydrogen-bond acceptors (Lipinski definition) is 6. The molecule has 3 aromatic rings. The minimum atomic E-state index is -4.48. The van der Waals surface area contributed by atoms with E-state index in [1.54, 1.807) is 36.9 Å². The van der Waals surface area contributed by atoms with Gasteiger partial charge in [0, 0.05) is 31.5 Å². The number of amides is 1. The molecule has 4 rings (SSSR count). The highest BCUT2D eigenvalue weighted by molar-refractivity contribution is 14.1. The fourth-order valence-corrected chi connectivity index (χ4v) is 5.53. The summed E-state index contributed by atoms with van der Waals surface area (Å²) in [5.41, 5.74) is 0.286. The van der Waals surface area contributed by atoms with E-state index in [-0.39, 0.29) is 28.8 Å². The third-order valence-electron chi connectivity index (χ3n) is 5.93. The molecule has 2 aromatic carbocycles. The molecule has 0 bridgehead atoms. The van der Waals surface area contributed by atoms with Gasteiger partial charge in [-0.1, -0.05) is 17.7 Å². The highest BCUT2D eigenvalue weighted by Crippen LogP contribution is 2.36. The number of amidine groups is 1. The minimum Gasteiger partial charge on any atom is -0.456 e. The Morgan fingerprint density at radius 1 is 1.20 bits per heavy atom. The van der Waals surface area contributed by atoms with Crippen LogP contribution in [0.1, 0.15) is 38.4 Å². The van der Waals surface area contributed by atoms with E-state index >= 15 is 0 Å². The van der Waals surface area contributed by atoms with Crippen LogP contribution in [0.3, 0.4) is 0 Å². The number of aliphatic hydroxyl groups is 1. The Morgan fingerprint density at radius 2 is 1.98 bits per heavy atom. The number of fused-ring (bicyclic) bond motifs is 1. The number of anilines is 1. The third kappa shape index (κ3) is 7.61. The lowest BCUT2D eigenvalue weighted by atomic mass is 10.0. The maximum atomic E-state index is 13.0. The average Bonchev–Trinajstić information content (AvgIpc) is 3.29. The number of carbonyl (C=O) groups is 1. The first-order valence-electron chi connectivity index (χ1n) is 12.4. The highest BCUT2D eigenvalue weighted by Gasteiger charge is 2.30. The molecule has 13 heteroatoms. The maximum Gasteiger partial charge on any atom is 0.416 e. The molecule has 1 aliphatic heterocycles. The van der Waals surface area contributed by atoms with Crippen molar-refractivity contribution < 1.29 is 27.8 Å². The van der Waals surface area contributed by atoms with Crippen LogP contribution in [0, 0.1) is 0 Å². The second-order valence-electron chi connectivity index (χ2n) is 9.70. The number of nitrogens with zero attached hydrogens (tertiary/aromatic N) is 4. The van der Waals surface area contributed by atoms with Gasteiger partial charge in [-0.25, -0.2) is 3.15 Å². The van der Waals surface area contributed by atoms with Crippen LogP contribution in [-0.4, -0.2) is 45.0 Å². The van der Waals surface area contributed by atoms with Crippen molar-refractivity contribution in [1.82, 2.24) is 9.47 Å². The van der Waals surface area contributed by atoms with Crippen molar-refractivity contribution in [2.24, 2.45) is 6.35 Å². The van der Waals surface area contributed by atoms with Crippen LogP contribution in [0.2, 0.25) is 5.02 Å². The predicted molar refractivity (Wildman–Crippen MR) is 157 cm³/mol. The van der Waals surface area contributed by atoms with Gasteiger partial charge in [0.05, 0.1) is 28.3 Å². The predicted octanol–water partition coefficient (Wildman–Crippen LogP) is 7.54. The van der Waals surface area contributed by atoms with Crippen LogP contribution in [0.5, 0.6) is 11.5 Å². The summed E-state index contributed by atoms with van der Waals surface area (Å²) < 4.78 is 55.9. The summed E-state index contributed by atoms with van der Waals surface area (Å²) in [5.74, 6) is 0.709. The molecule has 0 saturated heterocycles. The van der Waals surface area contributed by atoms with Gasteiger partial charge in [0.1, 0.15) is 38.5 Å². The van der Waals surface area contributed by atoms with E-state index in [9.17, 15) is 23.1 Å². The number of hydrogen-bond donors (Lipinski definition) is 2. The molecule has 0 aliphatic carbocycles. The lowest BCUT2D eigenvalue weighted by molar-refractivity contribution is -0.138. The molecule has 1 aliphatic rings. The lowest BCUT2D eigenvalue weighted by Crippen LogP contribution is -2.38. The molecular weight excluding hydrogens is 662 g/mol. The van der Waals surface area contributed by atoms with E-state index in [1.165, 1.54) is 12.1 Å². The fourth-order valence-electron chi connectivity index (χ4n) is 4.02. The molecule has 0 fully saturated rings. The molecule has 214 valence electrons. The van der Waals surface area contributed by atoms with Crippen molar-refractivity contribution in [3.63, 3.8) is 0 Å². The first-order valence-corrected chi connectivity index (χ1v) is 14.7. The Morgan fingerprint density at radius 3 is 2.65 bits per heavy atom. The summed E-state index contributed by atoms with van der Waals surface area (Å²) >= 11 is 5.60. The molecular formula is C27H28ClF3IN5O3. The van der Waals surface area contributed by atoms with Crippen molar-refractivity contribution in [1.29, 1.82) is 0 Å². The smallest absolute Gasteiger partial charge is 0.416 e. The van der Waals surface area contributed by atoms with Crippen molar-refractivity contribution in [2.75, 3.05) is 18.4 Å². The average molecular weight is 690 g/mol. The number of ether oxygens (including phenoxy) is 1. The zero-order valence-corrected chi connectivity index (χ0v) is 24.9. The summed E-state index contributed by atoms with van der Waals surface area (Å²) in [6.45, 7) is 6.57. The van der Waals surface area contributed by atoms with Crippen molar-refractivity contribution >= 4 is 56.0 Å². The summed E-state index contributed by atoms with van der Waals surface area (Å²) in [6.07, 6.45) is -2.55. The molecule has 40 heavy (non-hydrogen) atoms. The highest BCUT2D eigenvalue weighted by atomic mass is 127. The second-order valence-corrected chi connectivity index (χ2v) is 11.5. The number of rotatable bonds is 9. The molecule has 1 amide bonds. The zero-order chi connectivity index (χ0) is 29.1. The van der Waals surface area contributed by atoms with Gasteiger partial charge in [0.15, 0.2) is 5.84 Å². The minimum absolute atomic E-state index is 0.0186. The number of aromatic nitrogens is 1. The Labute approximate surface area is 245 Å². The topological polar surface area (TPSA) is 91.5 Å². The molecule has 0 radical (unpaired) electrons. The van der Waals surface area contributed by atoms with Gasteiger partial charge in [0.25, 0.3) is 0 Å². The van der Waals surface area contributed by atoms with Crippen LogP contribution in [0.25, 0.3) is 0 Å². The van der Waals surface area contributed by atoms with E-state index < -0.39 is 38.6 Å². The summed E-state index contributed by atoms with van der Waals surface area (Å²) in [4.78, 5) is 14.3. The van der Waals surface area contributed by atoms with Crippen LogP contribution in [0.15, 0.2) is 61.1 Å². The molecule has 0 atom stereocenters. The third-order valence-corrected chi connectivity index (χ3v) is 7.66. The van der Waals surface area contributed by atoms with Crippen LogP contribution in [0.4, 0.5) is 24.5 Å².